The van der Waals surface area contributed by atoms with Crippen LogP contribution in [0.4, 0.5) is 0 Å². The van der Waals surface area contributed by atoms with Crippen molar-refractivity contribution in [3.8, 4) is 0 Å². The Kier molecular flexibility index (Phi) is 6.39. The molecule has 0 aliphatic carbocycles. The third-order valence-corrected chi connectivity index (χ3v) is 3.96. The fourth-order valence-electron chi connectivity index (χ4n) is 2.55. The molecule has 0 spiro atoms. The van der Waals surface area contributed by atoms with E-state index in [1.165, 1.54) is 16.7 Å². The summed E-state index contributed by atoms with van der Waals surface area (Å²) in [5, 5.41) is 0. The van der Waals surface area contributed by atoms with Crippen LogP contribution >= 0.6 is 0 Å². The summed E-state index contributed by atoms with van der Waals surface area (Å²) in [6, 6.07) is 10.7. The molecule has 0 saturated heterocycles. The van der Waals surface area contributed by atoms with Crippen molar-refractivity contribution in [2.45, 2.75) is 40.5 Å². The van der Waals surface area contributed by atoms with E-state index < -0.39 is 0 Å². The molecule has 0 aliphatic heterocycles. The maximum Gasteiger partial charge on any atom is -0.00609 e. The number of hydrogen-bond donors (Lipinski definition) is 0. The SMILES string of the molecule is C=C=C(C)C(Cc1ccccc1)[C@@H](C)C/C(C)=C\C. The number of benzene rings is 1. The molecule has 2 atom stereocenters. The highest BCUT2D eigenvalue weighted by atomic mass is 14.2. The van der Waals surface area contributed by atoms with E-state index in [0.717, 1.165) is 12.8 Å². The van der Waals surface area contributed by atoms with Crippen LogP contribution in [0.1, 0.15) is 39.7 Å². The molecule has 0 aliphatic rings. The van der Waals surface area contributed by atoms with Crippen molar-refractivity contribution >= 4 is 0 Å². The maximum absolute atomic E-state index is 3.83. The van der Waals surface area contributed by atoms with Crippen LogP contribution in [0.2, 0.25) is 0 Å². The van der Waals surface area contributed by atoms with Gasteiger partial charge in [0, 0.05) is 0 Å². The van der Waals surface area contributed by atoms with Gasteiger partial charge < -0.3 is 0 Å². The maximum atomic E-state index is 3.83. The molecule has 0 fully saturated rings. The summed E-state index contributed by atoms with van der Waals surface area (Å²) in [7, 11) is 0. The van der Waals surface area contributed by atoms with Crippen molar-refractivity contribution in [2.24, 2.45) is 11.8 Å². The Morgan fingerprint density at radius 1 is 1.26 bits per heavy atom. The summed E-state index contributed by atoms with van der Waals surface area (Å²) in [4.78, 5) is 0. The van der Waals surface area contributed by atoms with Gasteiger partial charge in [-0.1, -0.05) is 55.5 Å². The summed E-state index contributed by atoms with van der Waals surface area (Å²) in [5.41, 5.74) is 7.24. The van der Waals surface area contributed by atoms with Gasteiger partial charge in [0.1, 0.15) is 0 Å². The van der Waals surface area contributed by atoms with E-state index in [2.05, 4.69) is 76.4 Å². The van der Waals surface area contributed by atoms with Gasteiger partial charge >= 0.3 is 0 Å². The van der Waals surface area contributed by atoms with E-state index in [1.54, 1.807) is 0 Å². The largest absolute Gasteiger partial charge is 0.130 e. The van der Waals surface area contributed by atoms with Gasteiger partial charge in [0.2, 0.25) is 0 Å². The van der Waals surface area contributed by atoms with E-state index in [0.29, 0.717) is 11.8 Å². The minimum atomic E-state index is 0.523. The van der Waals surface area contributed by atoms with Crippen LogP contribution in [0.5, 0.6) is 0 Å². The molecular weight excluding hydrogens is 228 g/mol. The van der Waals surface area contributed by atoms with Crippen molar-refractivity contribution in [3.63, 3.8) is 0 Å². The Morgan fingerprint density at radius 3 is 2.42 bits per heavy atom. The molecule has 0 amide bonds. The van der Waals surface area contributed by atoms with Gasteiger partial charge in [-0.2, -0.15) is 0 Å². The van der Waals surface area contributed by atoms with Gasteiger partial charge in [0.05, 0.1) is 0 Å². The molecule has 0 aromatic heterocycles. The second kappa shape index (κ2) is 7.81. The highest BCUT2D eigenvalue weighted by molar-refractivity contribution is 5.19. The lowest BCUT2D eigenvalue weighted by Crippen LogP contribution is -2.16. The first-order valence-electron chi connectivity index (χ1n) is 7.10. The van der Waals surface area contributed by atoms with Crippen LogP contribution < -0.4 is 0 Å². The van der Waals surface area contributed by atoms with Crippen LogP contribution in [0.25, 0.3) is 0 Å². The first kappa shape index (κ1) is 15.5. The zero-order valence-electron chi connectivity index (χ0n) is 12.7. The van der Waals surface area contributed by atoms with Gasteiger partial charge in [-0.3, -0.25) is 0 Å². The Hall–Kier alpha value is -1.52. The minimum Gasteiger partial charge on any atom is -0.130 e. The fourth-order valence-corrected chi connectivity index (χ4v) is 2.55. The molecule has 0 radical (unpaired) electrons. The van der Waals surface area contributed by atoms with Crippen LogP contribution in [-0.4, -0.2) is 0 Å². The molecule has 0 saturated carbocycles. The lowest BCUT2D eigenvalue weighted by Gasteiger charge is -2.24. The van der Waals surface area contributed by atoms with Crippen LogP contribution in [0.15, 0.2) is 59.9 Å². The van der Waals surface area contributed by atoms with E-state index in [4.69, 9.17) is 0 Å². The number of hydrogen-bond acceptors (Lipinski definition) is 0. The molecule has 1 unspecified atom stereocenters. The summed E-state index contributed by atoms with van der Waals surface area (Å²) < 4.78 is 0. The summed E-state index contributed by atoms with van der Waals surface area (Å²) >= 11 is 0. The van der Waals surface area contributed by atoms with Crippen LogP contribution in [0.3, 0.4) is 0 Å². The molecule has 0 heterocycles. The lowest BCUT2D eigenvalue weighted by atomic mass is 9.80. The van der Waals surface area contributed by atoms with Gasteiger partial charge in [0.25, 0.3) is 0 Å². The molecule has 1 aromatic rings. The standard InChI is InChI=1S/C19H26/c1-6-15(3)13-17(5)19(16(4)7-2)14-18-11-9-8-10-12-18/h6,8-12,17,19H,2,13-14H2,1,3-5H3/b15-6-/t17-,19?/m0/s1. The van der Waals surface area contributed by atoms with Crippen molar-refractivity contribution in [1.82, 2.24) is 0 Å². The zero-order valence-corrected chi connectivity index (χ0v) is 12.7. The third kappa shape index (κ3) is 4.93. The van der Waals surface area contributed by atoms with Crippen molar-refractivity contribution in [2.75, 3.05) is 0 Å². The van der Waals surface area contributed by atoms with E-state index >= 15 is 0 Å². The first-order chi connectivity index (χ1) is 9.08. The smallest absolute Gasteiger partial charge is 0.00609 e. The van der Waals surface area contributed by atoms with E-state index in [1.807, 2.05) is 0 Å². The monoisotopic (exact) mass is 254 g/mol. The average molecular weight is 254 g/mol. The average Bonchev–Trinajstić information content (AvgIpc) is 2.44. The summed E-state index contributed by atoms with van der Waals surface area (Å²) in [5.74, 6) is 1.14. The van der Waals surface area contributed by atoms with E-state index in [-0.39, 0.29) is 0 Å². The van der Waals surface area contributed by atoms with Crippen molar-refractivity contribution in [3.05, 3.63) is 65.4 Å². The second-order valence-electron chi connectivity index (χ2n) is 5.47. The van der Waals surface area contributed by atoms with Crippen molar-refractivity contribution in [1.29, 1.82) is 0 Å². The minimum absolute atomic E-state index is 0.523. The summed E-state index contributed by atoms with van der Waals surface area (Å²) in [6.45, 7) is 12.6. The third-order valence-electron chi connectivity index (χ3n) is 3.96. The van der Waals surface area contributed by atoms with Gasteiger partial charge in [0.15, 0.2) is 0 Å². The molecule has 19 heavy (non-hydrogen) atoms. The molecule has 1 aromatic carbocycles. The Balaban J connectivity index is 2.87. The highest BCUT2D eigenvalue weighted by Gasteiger charge is 2.19. The number of allylic oxidation sites excluding steroid dienone is 3. The predicted octanol–water partition coefficient (Wildman–Crippen LogP) is 5.57. The highest BCUT2D eigenvalue weighted by Crippen LogP contribution is 2.28. The fraction of sp³-hybridized carbons (Fsp3) is 0.421. The number of rotatable bonds is 6. The molecule has 0 bridgehead atoms. The van der Waals surface area contributed by atoms with Crippen molar-refractivity contribution < 1.29 is 0 Å². The topological polar surface area (TPSA) is 0 Å². The molecule has 0 nitrogen and oxygen atoms in total. The Bertz CT molecular complexity index is 458. The van der Waals surface area contributed by atoms with E-state index in [9.17, 15) is 0 Å². The zero-order chi connectivity index (χ0) is 14.3. The molecule has 102 valence electrons. The molecule has 0 N–H and O–H groups in total. The molecule has 1 rings (SSSR count). The van der Waals surface area contributed by atoms with Crippen LogP contribution in [-0.2, 0) is 6.42 Å². The first-order valence-corrected chi connectivity index (χ1v) is 7.10. The lowest BCUT2D eigenvalue weighted by molar-refractivity contribution is 0.403. The second-order valence-corrected chi connectivity index (χ2v) is 5.47. The molecule has 0 heteroatoms. The predicted molar refractivity (Wildman–Crippen MR) is 85.2 cm³/mol. The Morgan fingerprint density at radius 2 is 1.89 bits per heavy atom. The van der Waals surface area contributed by atoms with Crippen LogP contribution in [0, 0.1) is 11.8 Å². The Labute approximate surface area is 118 Å². The van der Waals surface area contributed by atoms with Gasteiger partial charge in [-0.05, 0) is 56.6 Å². The molecular formula is C19H26. The normalized spacial score (nSPS) is 14.6. The van der Waals surface area contributed by atoms with Gasteiger partial charge in [-0.25, -0.2) is 0 Å². The van der Waals surface area contributed by atoms with Gasteiger partial charge in [-0.15, -0.1) is 5.73 Å². The quantitative estimate of drug-likeness (QED) is 0.460. The summed E-state index contributed by atoms with van der Waals surface area (Å²) in [6.07, 6.45) is 4.43.